The highest BCUT2D eigenvalue weighted by Crippen LogP contribution is 2.39. The van der Waals surface area contributed by atoms with Gasteiger partial charge in [-0.25, -0.2) is 4.79 Å². The molecule has 0 saturated carbocycles. The van der Waals surface area contributed by atoms with E-state index in [1.807, 2.05) is 0 Å². The van der Waals surface area contributed by atoms with Gasteiger partial charge in [0.2, 0.25) is 0 Å². The Morgan fingerprint density at radius 1 is 1.25 bits per heavy atom. The maximum absolute atomic E-state index is 13.5. The third-order valence-corrected chi connectivity index (χ3v) is 2.87. The van der Waals surface area contributed by atoms with Gasteiger partial charge in [0, 0.05) is 5.02 Å². The Morgan fingerprint density at radius 2 is 1.69 bits per heavy atom. The maximum Gasteiger partial charge on any atom is 0.375 e. The molecule has 5 heteroatoms. The molecule has 0 amide bonds. The van der Waals surface area contributed by atoms with E-state index in [1.54, 1.807) is 0 Å². The highest BCUT2D eigenvalue weighted by atomic mass is 35.5. The summed E-state index contributed by atoms with van der Waals surface area (Å²) in [5.41, 5.74) is -1.56. The van der Waals surface area contributed by atoms with Crippen LogP contribution < -0.4 is 0 Å². The molecule has 0 saturated heterocycles. The van der Waals surface area contributed by atoms with E-state index in [1.165, 1.54) is 38.1 Å². The molecule has 1 rings (SSSR count). The lowest BCUT2D eigenvalue weighted by molar-refractivity contribution is -0.174. The van der Waals surface area contributed by atoms with Gasteiger partial charge in [0.05, 0.1) is 5.41 Å². The summed E-state index contributed by atoms with van der Waals surface area (Å²) >= 11 is 5.63. The van der Waals surface area contributed by atoms with Gasteiger partial charge in [0.25, 0.3) is 0 Å². The lowest BCUT2D eigenvalue weighted by atomic mass is 9.78. The zero-order chi connectivity index (χ0) is 12.6. The Bertz CT molecular complexity index is 399. The van der Waals surface area contributed by atoms with E-state index >= 15 is 0 Å². The second kappa shape index (κ2) is 4.01. The van der Waals surface area contributed by atoms with Gasteiger partial charge < -0.3 is 5.11 Å². The van der Waals surface area contributed by atoms with Gasteiger partial charge in [-0.15, -0.1) is 0 Å². The number of aliphatic carboxylic acids is 1. The molecule has 0 unspecified atom stereocenters. The van der Waals surface area contributed by atoms with Gasteiger partial charge in [-0.1, -0.05) is 23.7 Å². The molecule has 1 N–H and O–H groups in total. The Hall–Kier alpha value is -1.16. The number of rotatable bonds is 3. The van der Waals surface area contributed by atoms with Gasteiger partial charge >= 0.3 is 11.9 Å². The summed E-state index contributed by atoms with van der Waals surface area (Å²) in [5, 5.41) is 8.93. The second-order valence-corrected chi connectivity index (χ2v) is 4.45. The molecule has 1 aromatic carbocycles. The van der Waals surface area contributed by atoms with Crippen LogP contribution in [0.1, 0.15) is 19.4 Å². The van der Waals surface area contributed by atoms with Gasteiger partial charge in [-0.2, -0.15) is 8.78 Å². The summed E-state index contributed by atoms with van der Waals surface area (Å²) in [6.45, 7) is 2.37. The molecular formula is C11H11ClF2O2. The lowest BCUT2D eigenvalue weighted by Gasteiger charge is -2.31. The molecule has 88 valence electrons. The first-order valence-corrected chi connectivity index (χ1v) is 4.94. The molecule has 0 fully saturated rings. The van der Waals surface area contributed by atoms with Crippen molar-refractivity contribution in [1.82, 2.24) is 0 Å². The molecule has 0 radical (unpaired) electrons. The van der Waals surface area contributed by atoms with Crippen molar-refractivity contribution in [2.45, 2.75) is 25.2 Å². The van der Waals surface area contributed by atoms with E-state index in [2.05, 4.69) is 0 Å². The fourth-order valence-electron chi connectivity index (χ4n) is 1.32. The van der Waals surface area contributed by atoms with Crippen LogP contribution in [-0.2, 0) is 10.2 Å². The van der Waals surface area contributed by atoms with E-state index in [0.717, 1.165) is 0 Å². The number of hydrogen-bond acceptors (Lipinski definition) is 1. The third-order valence-electron chi connectivity index (χ3n) is 2.62. The molecule has 0 aromatic heterocycles. The summed E-state index contributed by atoms with van der Waals surface area (Å²) in [6, 6.07) is 5.71. The van der Waals surface area contributed by atoms with Gasteiger partial charge in [-0.05, 0) is 31.5 Å². The average molecular weight is 249 g/mol. The first-order valence-electron chi connectivity index (χ1n) is 4.57. The monoisotopic (exact) mass is 248 g/mol. The van der Waals surface area contributed by atoms with E-state index in [9.17, 15) is 13.6 Å². The average Bonchev–Trinajstić information content (AvgIpc) is 2.17. The van der Waals surface area contributed by atoms with Crippen LogP contribution in [0.2, 0.25) is 5.02 Å². The molecule has 0 aliphatic carbocycles. The van der Waals surface area contributed by atoms with Crippen LogP contribution in [-0.4, -0.2) is 17.0 Å². The van der Waals surface area contributed by atoms with Gasteiger partial charge in [0.15, 0.2) is 0 Å². The Kier molecular flexibility index (Phi) is 3.24. The number of alkyl halides is 2. The lowest BCUT2D eigenvalue weighted by Crippen LogP contribution is -2.46. The predicted molar refractivity (Wildman–Crippen MR) is 57.1 cm³/mol. The SMILES string of the molecule is CC(C)(c1ccc(Cl)cc1)C(F)(F)C(=O)O. The molecule has 0 spiro atoms. The van der Waals surface area contributed by atoms with Crippen molar-refractivity contribution in [2.75, 3.05) is 0 Å². The Morgan fingerprint density at radius 3 is 2.06 bits per heavy atom. The first-order chi connectivity index (χ1) is 7.19. The number of carbonyl (C=O) groups is 1. The highest BCUT2D eigenvalue weighted by molar-refractivity contribution is 6.30. The van der Waals surface area contributed by atoms with Crippen LogP contribution in [0.5, 0.6) is 0 Å². The number of hydrogen-bond donors (Lipinski definition) is 1. The maximum atomic E-state index is 13.5. The number of halogens is 3. The van der Waals surface area contributed by atoms with E-state index in [0.29, 0.717) is 5.02 Å². The van der Waals surface area contributed by atoms with Crippen molar-refractivity contribution >= 4 is 17.6 Å². The second-order valence-electron chi connectivity index (χ2n) is 4.01. The minimum atomic E-state index is -3.83. The fraction of sp³-hybridized carbons (Fsp3) is 0.364. The Balaban J connectivity index is 3.20. The van der Waals surface area contributed by atoms with Crippen molar-refractivity contribution in [3.63, 3.8) is 0 Å². The third kappa shape index (κ3) is 2.02. The fourth-order valence-corrected chi connectivity index (χ4v) is 1.44. The highest BCUT2D eigenvalue weighted by Gasteiger charge is 2.54. The molecule has 0 atom stereocenters. The van der Waals surface area contributed by atoms with E-state index < -0.39 is 17.3 Å². The van der Waals surface area contributed by atoms with E-state index in [-0.39, 0.29) is 5.56 Å². The topological polar surface area (TPSA) is 37.3 Å². The normalized spacial score (nSPS) is 12.6. The zero-order valence-electron chi connectivity index (χ0n) is 8.80. The van der Waals surface area contributed by atoms with Crippen LogP contribution in [0.3, 0.4) is 0 Å². The molecular weight excluding hydrogens is 238 g/mol. The molecule has 0 heterocycles. The zero-order valence-corrected chi connectivity index (χ0v) is 9.55. The van der Waals surface area contributed by atoms with Crippen LogP contribution in [0.15, 0.2) is 24.3 Å². The van der Waals surface area contributed by atoms with E-state index in [4.69, 9.17) is 16.7 Å². The van der Waals surface area contributed by atoms with Crippen molar-refractivity contribution in [1.29, 1.82) is 0 Å². The standard InChI is InChI=1S/C11H11ClF2O2/c1-10(2,11(13,14)9(15)16)7-3-5-8(12)6-4-7/h3-6H,1-2H3,(H,15,16). The molecule has 1 aromatic rings. The molecule has 0 bridgehead atoms. The molecule has 0 aliphatic rings. The summed E-state index contributed by atoms with van der Waals surface area (Å²) in [4.78, 5) is 10.5. The van der Waals surface area contributed by atoms with Crippen LogP contribution in [0, 0.1) is 0 Å². The van der Waals surface area contributed by atoms with Crippen LogP contribution in [0.4, 0.5) is 8.78 Å². The predicted octanol–water partition coefficient (Wildman–Crippen LogP) is 3.34. The van der Waals surface area contributed by atoms with Gasteiger partial charge in [-0.3, -0.25) is 0 Å². The van der Waals surface area contributed by atoms with Crippen molar-refractivity contribution in [2.24, 2.45) is 0 Å². The Labute approximate surface area is 96.8 Å². The largest absolute Gasteiger partial charge is 0.477 e. The van der Waals surface area contributed by atoms with Crippen molar-refractivity contribution < 1.29 is 18.7 Å². The number of carboxylic acid groups (broad SMARTS) is 1. The molecule has 2 nitrogen and oxygen atoms in total. The summed E-state index contributed by atoms with van der Waals surface area (Å²) in [5.74, 6) is -5.96. The quantitative estimate of drug-likeness (QED) is 0.891. The smallest absolute Gasteiger partial charge is 0.375 e. The number of benzene rings is 1. The minimum Gasteiger partial charge on any atom is -0.477 e. The number of carboxylic acids is 1. The molecule has 0 aliphatic heterocycles. The van der Waals surface area contributed by atoms with Crippen LogP contribution >= 0.6 is 11.6 Å². The van der Waals surface area contributed by atoms with Crippen LogP contribution in [0.25, 0.3) is 0 Å². The summed E-state index contributed by atoms with van der Waals surface area (Å²) in [7, 11) is 0. The summed E-state index contributed by atoms with van der Waals surface area (Å²) < 4.78 is 27.0. The van der Waals surface area contributed by atoms with Crippen molar-refractivity contribution in [3.8, 4) is 0 Å². The van der Waals surface area contributed by atoms with Gasteiger partial charge in [0.1, 0.15) is 0 Å². The molecule has 16 heavy (non-hydrogen) atoms. The summed E-state index contributed by atoms with van der Waals surface area (Å²) in [6.07, 6.45) is 0. The first kappa shape index (κ1) is 12.9. The van der Waals surface area contributed by atoms with Crippen molar-refractivity contribution in [3.05, 3.63) is 34.9 Å². The minimum absolute atomic E-state index is 0.226.